The van der Waals surface area contributed by atoms with Crippen molar-refractivity contribution in [1.29, 1.82) is 0 Å². The molecular weight excluding hydrogens is 256 g/mol. The first kappa shape index (κ1) is 13.1. The topological polar surface area (TPSA) is 32.3 Å². The van der Waals surface area contributed by atoms with E-state index in [0.717, 1.165) is 19.6 Å². The Labute approximate surface area is 119 Å². The van der Waals surface area contributed by atoms with E-state index in [9.17, 15) is 4.79 Å². The van der Waals surface area contributed by atoms with Crippen LogP contribution in [0.2, 0.25) is 0 Å². The lowest BCUT2D eigenvalue weighted by Gasteiger charge is -2.50. The van der Waals surface area contributed by atoms with Gasteiger partial charge < -0.3 is 10.2 Å². The summed E-state index contributed by atoms with van der Waals surface area (Å²) in [6, 6.07) is 2.07. The molecule has 1 N–H and O–H groups in total. The van der Waals surface area contributed by atoms with Gasteiger partial charge in [-0.05, 0) is 35.2 Å². The van der Waals surface area contributed by atoms with Crippen LogP contribution in [-0.4, -0.2) is 36.0 Å². The van der Waals surface area contributed by atoms with E-state index in [0.29, 0.717) is 12.3 Å². The number of rotatable bonds is 2. The minimum absolute atomic E-state index is 0.115. The van der Waals surface area contributed by atoms with Crippen LogP contribution in [0.4, 0.5) is 0 Å². The zero-order valence-electron chi connectivity index (χ0n) is 11.4. The van der Waals surface area contributed by atoms with Gasteiger partial charge in [0.25, 0.3) is 0 Å². The first-order valence-corrected chi connectivity index (χ1v) is 8.27. The summed E-state index contributed by atoms with van der Waals surface area (Å²) in [7, 11) is 0. The Balaban J connectivity index is 1.74. The summed E-state index contributed by atoms with van der Waals surface area (Å²) in [6.45, 7) is 2.81. The van der Waals surface area contributed by atoms with Crippen molar-refractivity contribution in [3.05, 3.63) is 22.4 Å². The quantitative estimate of drug-likeness (QED) is 0.901. The average Bonchev–Trinajstić information content (AvgIpc) is 2.93. The van der Waals surface area contributed by atoms with Crippen molar-refractivity contribution in [3.63, 3.8) is 0 Å². The van der Waals surface area contributed by atoms with Crippen molar-refractivity contribution in [2.45, 2.75) is 44.1 Å². The van der Waals surface area contributed by atoms with E-state index in [2.05, 4.69) is 27.0 Å². The summed E-state index contributed by atoms with van der Waals surface area (Å²) in [6.07, 6.45) is 6.79. The first-order chi connectivity index (χ1) is 9.30. The van der Waals surface area contributed by atoms with Gasteiger partial charge in [-0.25, -0.2) is 0 Å². The smallest absolute Gasteiger partial charge is 0.227 e. The van der Waals surface area contributed by atoms with E-state index >= 15 is 0 Å². The molecule has 3 rings (SSSR count). The molecule has 1 aliphatic carbocycles. The number of thiophene rings is 1. The van der Waals surface area contributed by atoms with Gasteiger partial charge in [0.1, 0.15) is 0 Å². The van der Waals surface area contributed by atoms with Crippen LogP contribution in [0.15, 0.2) is 16.8 Å². The number of carbonyl (C=O) groups is 1. The van der Waals surface area contributed by atoms with Crippen LogP contribution in [0.25, 0.3) is 0 Å². The Morgan fingerprint density at radius 1 is 1.37 bits per heavy atom. The number of amides is 1. The normalized spacial score (nSPS) is 22.6. The zero-order valence-corrected chi connectivity index (χ0v) is 12.2. The van der Waals surface area contributed by atoms with E-state index in [1.54, 1.807) is 11.3 Å². The van der Waals surface area contributed by atoms with Crippen molar-refractivity contribution in [1.82, 2.24) is 10.2 Å². The highest BCUT2D eigenvalue weighted by Crippen LogP contribution is 2.35. The van der Waals surface area contributed by atoms with Crippen LogP contribution >= 0.6 is 11.3 Å². The monoisotopic (exact) mass is 278 g/mol. The Morgan fingerprint density at radius 2 is 2.21 bits per heavy atom. The van der Waals surface area contributed by atoms with E-state index in [-0.39, 0.29) is 5.54 Å². The predicted molar refractivity (Wildman–Crippen MR) is 78.4 cm³/mol. The van der Waals surface area contributed by atoms with Crippen LogP contribution in [0.3, 0.4) is 0 Å². The Hall–Kier alpha value is -0.870. The highest BCUT2D eigenvalue weighted by molar-refractivity contribution is 7.07. The van der Waals surface area contributed by atoms with Crippen LogP contribution in [0.1, 0.15) is 37.7 Å². The van der Waals surface area contributed by atoms with Gasteiger partial charge >= 0.3 is 0 Å². The molecule has 1 spiro atoms. The maximum atomic E-state index is 12.6. The summed E-state index contributed by atoms with van der Waals surface area (Å²) < 4.78 is 0. The fourth-order valence-electron chi connectivity index (χ4n) is 3.55. The Bertz CT molecular complexity index is 415. The van der Waals surface area contributed by atoms with Gasteiger partial charge in [-0.15, -0.1) is 0 Å². The lowest BCUT2D eigenvalue weighted by atomic mass is 9.79. The summed E-state index contributed by atoms with van der Waals surface area (Å²) in [5.41, 5.74) is 1.28. The molecule has 19 heavy (non-hydrogen) atoms. The number of hydrogen-bond acceptors (Lipinski definition) is 3. The van der Waals surface area contributed by atoms with Gasteiger partial charge in [0.15, 0.2) is 0 Å². The molecule has 1 saturated heterocycles. The SMILES string of the molecule is O=C(Cc1ccsc1)N1CCNCC12CCCCC2. The number of hydrogen-bond donors (Lipinski definition) is 1. The van der Waals surface area contributed by atoms with Gasteiger partial charge in [0.05, 0.1) is 12.0 Å². The van der Waals surface area contributed by atoms with Crippen LogP contribution in [0.5, 0.6) is 0 Å². The van der Waals surface area contributed by atoms with Gasteiger partial charge in [-0.3, -0.25) is 4.79 Å². The predicted octanol–water partition coefficient (Wildman–Crippen LogP) is 2.43. The average molecular weight is 278 g/mol. The van der Waals surface area contributed by atoms with Crippen LogP contribution < -0.4 is 5.32 Å². The molecule has 1 aliphatic heterocycles. The van der Waals surface area contributed by atoms with Crippen molar-refractivity contribution < 1.29 is 4.79 Å². The van der Waals surface area contributed by atoms with E-state index < -0.39 is 0 Å². The van der Waals surface area contributed by atoms with Gasteiger partial charge in [-0.1, -0.05) is 19.3 Å². The lowest BCUT2D eigenvalue weighted by Crippen LogP contribution is -2.63. The summed E-state index contributed by atoms with van der Waals surface area (Å²) >= 11 is 1.67. The maximum Gasteiger partial charge on any atom is 0.227 e. The molecule has 0 unspecified atom stereocenters. The first-order valence-electron chi connectivity index (χ1n) is 7.32. The molecule has 0 radical (unpaired) electrons. The molecular formula is C15H22N2OS. The van der Waals surface area contributed by atoms with Crippen LogP contribution in [0, 0.1) is 0 Å². The largest absolute Gasteiger partial charge is 0.334 e. The molecule has 0 aromatic carbocycles. The number of nitrogens with zero attached hydrogens (tertiary/aromatic N) is 1. The molecule has 3 nitrogen and oxygen atoms in total. The van der Waals surface area contributed by atoms with Crippen LogP contribution in [-0.2, 0) is 11.2 Å². The third-order valence-electron chi connectivity index (χ3n) is 4.56. The van der Waals surface area contributed by atoms with Crippen molar-refractivity contribution in [2.24, 2.45) is 0 Å². The fourth-order valence-corrected chi connectivity index (χ4v) is 4.22. The third-order valence-corrected chi connectivity index (χ3v) is 5.29. The fraction of sp³-hybridized carbons (Fsp3) is 0.667. The van der Waals surface area contributed by atoms with Gasteiger partial charge in [0.2, 0.25) is 5.91 Å². The number of nitrogens with one attached hydrogen (secondary N) is 1. The molecule has 4 heteroatoms. The summed E-state index contributed by atoms with van der Waals surface area (Å²) in [4.78, 5) is 14.8. The third kappa shape index (κ3) is 2.70. The van der Waals surface area contributed by atoms with Gasteiger partial charge in [0, 0.05) is 19.6 Å². The van der Waals surface area contributed by atoms with E-state index in [4.69, 9.17) is 0 Å². The molecule has 1 aromatic rings. The van der Waals surface area contributed by atoms with E-state index in [1.807, 2.05) is 0 Å². The molecule has 1 amide bonds. The molecule has 0 bridgehead atoms. The highest BCUT2D eigenvalue weighted by atomic mass is 32.1. The molecule has 2 aliphatic rings. The highest BCUT2D eigenvalue weighted by Gasteiger charge is 2.41. The zero-order chi connectivity index (χ0) is 13.1. The minimum atomic E-state index is 0.115. The summed E-state index contributed by atoms with van der Waals surface area (Å²) in [5, 5.41) is 7.64. The lowest BCUT2D eigenvalue weighted by molar-refractivity contribution is -0.140. The molecule has 1 saturated carbocycles. The van der Waals surface area contributed by atoms with E-state index in [1.165, 1.54) is 37.7 Å². The molecule has 2 fully saturated rings. The standard InChI is InChI=1S/C15H22N2OS/c18-14(10-13-4-9-19-11-13)17-8-7-16-12-15(17)5-2-1-3-6-15/h4,9,11,16H,1-3,5-8,10,12H2. The molecule has 0 atom stereocenters. The van der Waals surface area contributed by atoms with Crippen molar-refractivity contribution in [3.8, 4) is 0 Å². The minimum Gasteiger partial charge on any atom is -0.334 e. The second-order valence-corrected chi connectivity index (χ2v) is 6.60. The molecule has 104 valence electrons. The number of carbonyl (C=O) groups excluding carboxylic acids is 1. The maximum absolute atomic E-state index is 12.6. The summed E-state index contributed by atoms with van der Waals surface area (Å²) in [5.74, 6) is 0.321. The molecule has 2 heterocycles. The van der Waals surface area contributed by atoms with Gasteiger partial charge in [-0.2, -0.15) is 11.3 Å². The van der Waals surface area contributed by atoms with Crippen molar-refractivity contribution >= 4 is 17.2 Å². The second-order valence-electron chi connectivity index (χ2n) is 5.82. The Kier molecular flexibility index (Phi) is 3.89. The number of piperazine rings is 1. The second kappa shape index (κ2) is 5.63. The van der Waals surface area contributed by atoms with Crippen molar-refractivity contribution in [2.75, 3.05) is 19.6 Å². The molecule has 1 aromatic heterocycles. The Morgan fingerprint density at radius 3 is 2.95 bits per heavy atom.